The maximum atomic E-state index is 5.78. The Labute approximate surface area is 105 Å². The molecule has 17 heavy (non-hydrogen) atoms. The summed E-state index contributed by atoms with van der Waals surface area (Å²) in [5, 5.41) is 0. The predicted octanol–water partition coefficient (Wildman–Crippen LogP) is 3.03. The lowest BCUT2D eigenvalue weighted by atomic mass is 9.72. The van der Waals surface area contributed by atoms with Gasteiger partial charge in [-0.1, -0.05) is 26.0 Å². The molecular formula is C15H24N2. The lowest BCUT2D eigenvalue weighted by Crippen LogP contribution is -2.45. The summed E-state index contributed by atoms with van der Waals surface area (Å²) in [6.45, 7) is 8.19. The third-order valence-electron chi connectivity index (χ3n) is 4.30. The number of likely N-dealkylation sites (tertiary alicyclic amines) is 1. The van der Waals surface area contributed by atoms with Gasteiger partial charge in [-0.2, -0.15) is 0 Å². The highest BCUT2D eigenvalue weighted by atomic mass is 15.1. The quantitative estimate of drug-likeness (QED) is 0.812. The average molecular weight is 232 g/mol. The Kier molecular flexibility index (Phi) is 3.72. The molecule has 1 heterocycles. The maximum absolute atomic E-state index is 5.78. The molecule has 94 valence electrons. The van der Waals surface area contributed by atoms with Gasteiger partial charge in [0.05, 0.1) is 0 Å². The Balaban J connectivity index is 2.26. The van der Waals surface area contributed by atoms with E-state index in [1.165, 1.54) is 37.9 Å². The normalized spacial score (nSPS) is 26.0. The van der Waals surface area contributed by atoms with Gasteiger partial charge in [0.2, 0.25) is 0 Å². The zero-order valence-corrected chi connectivity index (χ0v) is 11.1. The van der Waals surface area contributed by atoms with E-state index in [0.29, 0.717) is 5.41 Å². The van der Waals surface area contributed by atoms with Crippen LogP contribution in [0.4, 0.5) is 5.69 Å². The minimum Gasteiger partial charge on any atom is -0.399 e. The van der Waals surface area contributed by atoms with Crippen molar-refractivity contribution in [1.29, 1.82) is 0 Å². The number of rotatable bonds is 3. The summed E-state index contributed by atoms with van der Waals surface area (Å²) in [7, 11) is 0. The lowest BCUT2D eigenvalue weighted by molar-refractivity contribution is 0.148. The van der Waals surface area contributed by atoms with Crippen LogP contribution >= 0.6 is 0 Å². The number of hydrogen-bond acceptors (Lipinski definition) is 2. The maximum Gasteiger partial charge on any atom is 0.0314 e. The Bertz CT molecular complexity index is 358. The first-order chi connectivity index (χ1) is 8.20. The van der Waals surface area contributed by atoms with Crippen LogP contribution in [0.1, 0.15) is 38.7 Å². The van der Waals surface area contributed by atoms with E-state index in [4.69, 9.17) is 5.73 Å². The van der Waals surface area contributed by atoms with Crippen molar-refractivity contribution in [2.24, 2.45) is 0 Å². The summed E-state index contributed by atoms with van der Waals surface area (Å²) < 4.78 is 0. The van der Waals surface area contributed by atoms with Gasteiger partial charge >= 0.3 is 0 Å². The molecule has 0 bridgehead atoms. The first-order valence-corrected chi connectivity index (χ1v) is 6.78. The number of nitrogens with two attached hydrogens (primary N) is 1. The second-order valence-corrected chi connectivity index (χ2v) is 5.23. The smallest absolute Gasteiger partial charge is 0.0314 e. The van der Waals surface area contributed by atoms with Crippen LogP contribution < -0.4 is 5.73 Å². The van der Waals surface area contributed by atoms with Crippen LogP contribution in [0.5, 0.6) is 0 Å². The van der Waals surface area contributed by atoms with Crippen molar-refractivity contribution >= 4 is 5.69 Å². The predicted molar refractivity (Wildman–Crippen MR) is 74.2 cm³/mol. The number of nitrogen functional groups attached to an aromatic ring is 1. The SMILES string of the molecule is CCN1CCCC(CC)(c2ccc(N)cc2)C1. The van der Waals surface area contributed by atoms with Crippen molar-refractivity contribution in [3.05, 3.63) is 29.8 Å². The Morgan fingerprint density at radius 1 is 1.24 bits per heavy atom. The first kappa shape index (κ1) is 12.4. The van der Waals surface area contributed by atoms with Crippen molar-refractivity contribution in [3.8, 4) is 0 Å². The van der Waals surface area contributed by atoms with E-state index in [1.807, 2.05) is 12.1 Å². The molecule has 1 aliphatic heterocycles. The van der Waals surface area contributed by atoms with Crippen molar-refractivity contribution in [2.75, 3.05) is 25.4 Å². The van der Waals surface area contributed by atoms with E-state index >= 15 is 0 Å². The molecule has 1 aliphatic rings. The van der Waals surface area contributed by atoms with Crippen LogP contribution in [0.25, 0.3) is 0 Å². The van der Waals surface area contributed by atoms with E-state index in [1.54, 1.807) is 0 Å². The highest BCUT2D eigenvalue weighted by Gasteiger charge is 2.34. The largest absolute Gasteiger partial charge is 0.399 e. The summed E-state index contributed by atoms with van der Waals surface area (Å²) in [6.07, 6.45) is 3.84. The zero-order chi connectivity index (χ0) is 12.3. The van der Waals surface area contributed by atoms with Gasteiger partial charge in [-0.3, -0.25) is 0 Å². The van der Waals surface area contributed by atoms with E-state index in [9.17, 15) is 0 Å². The van der Waals surface area contributed by atoms with Gasteiger partial charge < -0.3 is 10.6 Å². The zero-order valence-electron chi connectivity index (χ0n) is 11.1. The number of likely N-dealkylation sites (N-methyl/N-ethyl adjacent to an activating group) is 1. The van der Waals surface area contributed by atoms with Crippen molar-refractivity contribution < 1.29 is 0 Å². The molecule has 2 N–H and O–H groups in total. The van der Waals surface area contributed by atoms with Crippen LogP contribution in [-0.2, 0) is 5.41 Å². The Hall–Kier alpha value is -1.02. The van der Waals surface area contributed by atoms with Gasteiger partial charge in [0.25, 0.3) is 0 Å². The van der Waals surface area contributed by atoms with E-state index in [0.717, 1.165) is 12.2 Å². The van der Waals surface area contributed by atoms with Crippen molar-refractivity contribution in [2.45, 2.75) is 38.5 Å². The van der Waals surface area contributed by atoms with E-state index < -0.39 is 0 Å². The fourth-order valence-corrected chi connectivity index (χ4v) is 3.06. The second kappa shape index (κ2) is 5.09. The molecule has 1 aromatic carbocycles. The molecular weight excluding hydrogens is 208 g/mol. The van der Waals surface area contributed by atoms with Crippen molar-refractivity contribution in [1.82, 2.24) is 4.90 Å². The van der Waals surface area contributed by atoms with Gasteiger partial charge in [0, 0.05) is 17.6 Å². The number of nitrogens with zero attached hydrogens (tertiary/aromatic N) is 1. The topological polar surface area (TPSA) is 29.3 Å². The fraction of sp³-hybridized carbons (Fsp3) is 0.600. The molecule has 0 spiro atoms. The Morgan fingerprint density at radius 3 is 2.53 bits per heavy atom. The average Bonchev–Trinajstić information content (AvgIpc) is 2.39. The molecule has 1 fully saturated rings. The molecule has 2 rings (SSSR count). The summed E-state index contributed by atoms with van der Waals surface area (Å²) in [6, 6.07) is 8.52. The van der Waals surface area contributed by atoms with Crippen molar-refractivity contribution in [3.63, 3.8) is 0 Å². The Morgan fingerprint density at radius 2 is 1.94 bits per heavy atom. The molecule has 2 heteroatoms. The minimum absolute atomic E-state index is 0.349. The standard InChI is InChI=1S/C15H24N2/c1-3-15(10-5-11-17(4-2)12-15)13-6-8-14(16)9-7-13/h6-9H,3-5,10-12,16H2,1-2H3. The number of anilines is 1. The van der Waals surface area contributed by atoms with E-state index in [2.05, 4.69) is 30.9 Å². The highest BCUT2D eigenvalue weighted by Crippen LogP contribution is 2.37. The number of hydrogen-bond donors (Lipinski definition) is 1. The van der Waals surface area contributed by atoms with Gasteiger partial charge in [-0.25, -0.2) is 0 Å². The molecule has 1 unspecified atom stereocenters. The fourth-order valence-electron chi connectivity index (χ4n) is 3.06. The molecule has 0 saturated carbocycles. The first-order valence-electron chi connectivity index (χ1n) is 6.78. The van der Waals surface area contributed by atoms with Gasteiger partial charge in [0.1, 0.15) is 0 Å². The van der Waals surface area contributed by atoms with Gasteiger partial charge in [0.15, 0.2) is 0 Å². The molecule has 1 aromatic rings. The molecule has 0 radical (unpaired) electrons. The number of piperidine rings is 1. The van der Waals surface area contributed by atoms with Gasteiger partial charge in [-0.05, 0) is 50.0 Å². The molecule has 1 saturated heterocycles. The highest BCUT2D eigenvalue weighted by molar-refractivity contribution is 5.42. The lowest BCUT2D eigenvalue weighted by Gasteiger charge is -2.42. The van der Waals surface area contributed by atoms with Crippen LogP contribution in [0.3, 0.4) is 0 Å². The summed E-state index contributed by atoms with van der Waals surface area (Å²) >= 11 is 0. The third-order valence-corrected chi connectivity index (χ3v) is 4.30. The monoisotopic (exact) mass is 232 g/mol. The minimum atomic E-state index is 0.349. The van der Waals surface area contributed by atoms with Gasteiger partial charge in [-0.15, -0.1) is 0 Å². The van der Waals surface area contributed by atoms with Crippen LogP contribution in [-0.4, -0.2) is 24.5 Å². The molecule has 0 amide bonds. The summed E-state index contributed by atoms with van der Waals surface area (Å²) in [4.78, 5) is 2.57. The molecule has 0 aromatic heterocycles. The summed E-state index contributed by atoms with van der Waals surface area (Å²) in [5.41, 5.74) is 8.46. The van der Waals surface area contributed by atoms with E-state index in [-0.39, 0.29) is 0 Å². The second-order valence-electron chi connectivity index (χ2n) is 5.23. The third kappa shape index (κ3) is 2.47. The molecule has 1 atom stereocenters. The van der Waals surface area contributed by atoms with Crippen LogP contribution in [0, 0.1) is 0 Å². The summed E-state index contributed by atoms with van der Waals surface area (Å²) in [5.74, 6) is 0. The number of benzene rings is 1. The van der Waals surface area contributed by atoms with Crippen LogP contribution in [0.15, 0.2) is 24.3 Å². The van der Waals surface area contributed by atoms with Crippen LogP contribution in [0.2, 0.25) is 0 Å². The molecule has 2 nitrogen and oxygen atoms in total. The molecule has 0 aliphatic carbocycles.